The normalized spacial score (nSPS) is 12.6. The summed E-state index contributed by atoms with van der Waals surface area (Å²) >= 11 is 0. The second-order valence-electron chi connectivity index (χ2n) is 3.64. The van der Waals surface area contributed by atoms with Crippen molar-refractivity contribution >= 4 is 20.9 Å². The highest BCUT2D eigenvalue weighted by Crippen LogP contribution is 2.28. The highest BCUT2D eigenvalue weighted by Gasteiger charge is 2.48. The minimum absolute atomic E-state index is 0.231. The van der Waals surface area contributed by atoms with Crippen LogP contribution in [0.1, 0.15) is 0 Å². The Morgan fingerprint density at radius 2 is 1.58 bits per heavy atom. The first-order valence-electron chi connectivity index (χ1n) is 4.89. The quantitative estimate of drug-likeness (QED) is 0.485. The van der Waals surface area contributed by atoms with Crippen LogP contribution < -0.4 is 4.18 Å². The highest BCUT2D eigenvalue weighted by atomic mass is 32.2. The third-order valence-corrected chi connectivity index (χ3v) is 3.24. The maximum absolute atomic E-state index is 13.0. The van der Waals surface area contributed by atoms with E-state index in [0.717, 1.165) is 18.2 Å². The summed E-state index contributed by atoms with van der Waals surface area (Å²) in [6.07, 6.45) is 0. The first-order valence-corrected chi connectivity index (χ1v) is 6.30. The maximum atomic E-state index is 13.0. The molecule has 0 bridgehead atoms. The van der Waals surface area contributed by atoms with Crippen LogP contribution in [0, 0.1) is 5.82 Å². The summed E-state index contributed by atoms with van der Waals surface area (Å²) < 4.78 is 74.9. The van der Waals surface area contributed by atoms with E-state index in [-0.39, 0.29) is 5.39 Å². The Hall–Kier alpha value is -1.83. The molecule has 0 unspecified atom stereocenters. The lowest BCUT2D eigenvalue weighted by atomic mass is 10.1. The fourth-order valence-corrected chi connectivity index (χ4v) is 1.87. The van der Waals surface area contributed by atoms with Crippen molar-refractivity contribution < 1.29 is 30.2 Å². The van der Waals surface area contributed by atoms with Crippen molar-refractivity contribution in [1.29, 1.82) is 0 Å². The van der Waals surface area contributed by atoms with Crippen LogP contribution in [-0.2, 0) is 10.1 Å². The summed E-state index contributed by atoms with van der Waals surface area (Å²) in [6.45, 7) is 0. The van der Waals surface area contributed by atoms with Gasteiger partial charge >= 0.3 is 15.6 Å². The van der Waals surface area contributed by atoms with E-state index in [1.165, 1.54) is 18.2 Å². The van der Waals surface area contributed by atoms with Crippen LogP contribution in [0.25, 0.3) is 10.8 Å². The van der Waals surface area contributed by atoms with Crippen molar-refractivity contribution in [3.05, 3.63) is 42.2 Å². The average molecular weight is 294 g/mol. The van der Waals surface area contributed by atoms with Gasteiger partial charge < -0.3 is 4.18 Å². The third kappa shape index (κ3) is 2.78. The first kappa shape index (κ1) is 13.6. The largest absolute Gasteiger partial charge is 0.534 e. The lowest BCUT2D eigenvalue weighted by Crippen LogP contribution is -2.28. The van der Waals surface area contributed by atoms with Gasteiger partial charge in [0.05, 0.1) is 0 Å². The lowest BCUT2D eigenvalue weighted by molar-refractivity contribution is -0.0500. The van der Waals surface area contributed by atoms with E-state index in [4.69, 9.17) is 0 Å². The highest BCUT2D eigenvalue weighted by molar-refractivity contribution is 7.88. The molecule has 0 saturated carbocycles. The zero-order valence-electron chi connectivity index (χ0n) is 9.11. The van der Waals surface area contributed by atoms with E-state index in [2.05, 4.69) is 4.18 Å². The molecule has 0 heterocycles. The number of alkyl halides is 3. The van der Waals surface area contributed by atoms with E-state index in [9.17, 15) is 26.0 Å². The van der Waals surface area contributed by atoms with Crippen molar-refractivity contribution in [2.24, 2.45) is 0 Å². The van der Waals surface area contributed by atoms with Gasteiger partial charge in [-0.2, -0.15) is 21.6 Å². The Balaban J connectivity index is 2.42. The van der Waals surface area contributed by atoms with Gasteiger partial charge in [0.15, 0.2) is 0 Å². The minimum atomic E-state index is -5.72. The van der Waals surface area contributed by atoms with E-state index in [1.54, 1.807) is 0 Å². The summed E-state index contributed by atoms with van der Waals surface area (Å²) in [5, 5.41) is 0.771. The van der Waals surface area contributed by atoms with Gasteiger partial charge in [-0.25, -0.2) is 4.39 Å². The molecule has 2 aromatic rings. The van der Waals surface area contributed by atoms with Crippen molar-refractivity contribution in [1.82, 2.24) is 0 Å². The number of hydrogen-bond donors (Lipinski definition) is 0. The molecular weight excluding hydrogens is 288 g/mol. The molecule has 0 aromatic heterocycles. The zero-order valence-corrected chi connectivity index (χ0v) is 9.93. The standard InChI is InChI=1S/C11H6F4O3S/c12-9-3-1-7-2-4-10(6-8(7)5-9)18-19(16,17)11(13,14)15/h1-6H. The number of rotatable bonds is 2. The Morgan fingerprint density at radius 3 is 2.21 bits per heavy atom. The Labute approximate surface area is 105 Å². The molecule has 19 heavy (non-hydrogen) atoms. The Morgan fingerprint density at radius 1 is 0.947 bits per heavy atom. The van der Waals surface area contributed by atoms with Gasteiger partial charge in [-0.1, -0.05) is 12.1 Å². The summed E-state index contributed by atoms with van der Waals surface area (Å²) in [5.41, 5.74) is -5.51. The molecule has 2 rings (SSSR count). The van der Waals surface area contributed by atoms with Gasteiger partial charge in [-0.3, -0.25) is 0 Å². The molecule has 0 aliphatic rings. The van der Waals surface area contributed by atoms with Gasteiger partial charge in [0.1, 0.15) is 11.6 Å². The van der Waals surface area contributed by atoms with Gasteiger partial charge in [0.2, 0.25) is 0 Å². The second kappa shape index (κ2) is 4.37. The van der Waals surface area contributed by atoms with Crippen LogP contribution in [0.2, 0.25) is 0 Å². The number of hydrogen-bond acceptors (Lipinski definition) is 3. The second-order valence-corrected chi connectivity index (χ2v) is 5.17. The van der Waals surface area contributed by atoms with Crippen molar-refractivity contribution in [2.45, 2.75) is 5.51 Å². The number of fused-ring (bicyclic) bond motifs is 1. The molecule has 0 N–H and O–H groups in total. The van der Waals surface area contributed by atoms with Crippen molar-refractivity contribution in [3.8, 4) is 5.75 Å². The summed E-state index contributed by atoms with van der Waals surface area (Å²) in [4.78, 5) is 0. The maximum Gasteiger partial charge on any atom is 0.534 e. The zero-order chi connectivity index (χ0) is 14.3. The minimum Gasteiger partial charge on any atom is -0.376 e. The van der Waals surface area contributed by atoms with E-state index in [0.29, 0.717) is 5.39 Å². The Kier molecular flexibility index (Phi) is 3.13. The molecule has 0 radical (unpaired) electrons. The van der Waals surface area contributed by atoms with E-state index < -0.39 is 27.2 Å². The van der Waals surface area contributed by atoms with Crippen LogP contribution in [0.5, 0.6) is 5.75 Å². The average Bonchev–Trinajstić information content (AvgIpc) is 2.26. The van der Waals surface area contributed by atoms with Gasteiger partial charge in [-0.05, 0) is 35.0 Å². The smallest absolute Gasteiger partial charge is 0.376 e. The topological polar surface area (TPSA) is 43.4 Å². The predicted octanol–water partition coefficient (Wildman–Crippen LogP) is 3.21. The monoisotopic (exact) mass is 294 g/mol. The molecule has 0 amide bonds. The first-order chi connectivity index (χ1) is 8.69. The molecular formula is C11H6F4O3S. The van der Waals surface area contributed by atoms with Gasteiger partial charge in [0, 0.05) is 0 Å². The fourth-order valence-electron chi connectivity index (χ4n) is 1.42. The van der Waals surface area contributed by atoms with Gasteiger partial charge in [-0.15, -0.1) is 0 Å². The van der Waals surface area contributed by atoms with Crippen LogP contribution >= 0.6 is 0 Å². The molecule has 0 atom stereocenters. The Bertz CT molecular complexity index is 722. The predicted molar refractivity (Wildman–Crippen MR) is 59.5 cm³/mol. The molecule has 0 saturated heterocycles. The SMILES string of the molecule is O=S(=O)(Oc1ccc2ccc(F)cc2c1)C(F)(F)F. The molecule has 0 aliphatic carbocycles. The van der Waals surface area contributed by atoms with Crippen molar-refractivity contribution in [2.75, 3.05) is 0 Å². The molecule has 8 heteroatoms. The molecule has 3 nitrogen and oxygen atoms in total. The van der Waals surface area contributed by atoms with E-state index >= 15 is 0 Å². The molecule has 0 spiro atoms. The van der Waals surface area contributed by atoms with E-state index in [1.807, 2.05) is 0 Å². The van der Waals surface area contributed by atoms with Crippen molar-refractivity contribution in [3.63, 3.8) is 0 Å². The van der Waals surface area contributed by atoms with Crippen LogP contribution in [-0.4, -0.2) is 13.9 Å². The van der Waals surface area contributed by atoms with Crippen LogP contribution in [0.15, 0.2) is 36.4 Å². The van der Waals surface area contributed by atoms with Crippen LogP contribution in [0.3, 0.4) is 0 Å². The van der Waals surface area contributed by atoms with Crippen LogP contribution in [0.4, 0.5) is 17.6 Å². The molecule has 0 aliphatic heterocycles. The number of benzene rings is 2. The molecule has 102 valence electrons. The third-order valence-electron chi connectivity index (χ3n) is 2.26. The fraction of sp³-hybridized carbons (Fsp3) is 0.0909. The lowest BCUT2D eigenvalue weighted by Gasteiger charge is -2.09. The summed E-state index contributed by atoms with van der Waals surface area (Å²) in [5.74, 6) is -1.13. The molecule has 0 fully saturated rings. The van der Waals surface area contributed by atoms with Gasteiger partial charge in [0.25, 0.3) is 0 Å². The summed E-state index contributed by atoms with van der Waals surface area (Å²) in [6, 6.07) is 7.05. The number of halogens is 4. The molecule has 2 aromatic carbocycles. The summed E-state index contributed by atoms with van der Waals surface area (Å²) in [7, 11) is -5.72.